The van der Waals surface area contributed by atoms with Crippen LogP contribution in [-0.4, -0.2) is 42.4 Å². The van der Waals surface area contributed by atoms with Crippen molar-refractivity contribution < 1.29 is 0 Å². The zero-order valence-corrected chi connectivity index (χ0v) is 16.7. The molecule has 0 amide bonds. The van der Waals surface area contributed by atoms with Gasteiger partial charge in [-0.1, -0.05) is 18.2 Å². The molecule has 2 aliphatic rings. The molecule has 2 aromatic rings. The number of aromatic nitrogens is 1. The first-order valence-electron chi connectivity index (χ1n) is 9.73. The summed E-state index contributed by atoms with van der Waals surface area (Å²) in [7, 11) is 0. The van der Waals surface area contributed by atoms with E-state index in [0.717, 1.165) is 49.3 Å². The van der Waals surface area contributed by atoms with Crippen molar-refractivity contribution in [1.82, 2.24) is 4.98 Å². The molecule has 0 radical (unpaired) electrons. The normalized spacial score (nSPS) is 17.7. The summed E-state index contributed by atoms with van der Waals surface area (Å²) in [5, 5.41) is 0. The molecular formula is C22H26N4S. The second-order valence-corrected chi connectivity index (χ2v) is 8.06. The van der Waals surface area contributed by atoms with Gasteiger partial charge < -0.3 is 4.90 Å². The summed E-state index contributed by atoms with van der Waals surface area (Å²) >= 11 is 1.77. The van der Waals surface area contributed by atoms with Gasteiger partial charge in [0.2, 0.25) is 0 Å². The van der Waals surface area contributed by atoms with Gasteiger partial charge in [0.15, 0.2) is 0 Å². The highest BCUT2D eigenvalue weighted by atomic mass is 32.2. The third-order valence-electron chi connectivity index (χ3n) is 5.46. The number of rotatable bonds is 6. The number of piperidine rings is 1. The fourth-order valence-corrected chi connectivity index (χ4v) is 4.20. The summed E-state index contributed by atoms with van der Waals surface area (Å²) in [6.45, 7) is 2.93. The van der Waals surface area contributed by atoms with Crippen LogP contribution in [0.25, 0.3) is 0 Å². The van der Waals surface area contributed by atoms with Gasteiger partial charge in [-0.25, -0.2) is 9.98 Å². The van der Waals surface area contributed by atoms with Crippen molar-refractivity contribution >= 4 is 29.1 Å². The Labute approximate surface area is 165 Å². The van der Waals surface area contributed by atoms with Crippen molar-refractivity contribution in [2.24, 2.45) is 15.9 Å². The van der Waals surface area contributed by atoms with Gasteiger partial charge in [-0.05, 0) is 61.3 Å². The van der Waals surface area contributed by atoms with Crippen LogP contribution < -0.4 is 4.90 Å². The maximum atomic E-state index is 4.80. The molecule has 0 bridgehead atoms. The molecule has 4 rings (SSSR count). The molecule has 3 heterocycles. The van der Waals surface area contributed by atoms with E-state index >= 15 is 0 Å². The van der Waals surface area contributed by atoms with E-state index in [0.29, 0.717) is 0 Å². The summed E-state index contributed by atoms with van der Waals surface area (Å²) in [4.78, 5) is 17.6. The molecule has 0 aliphatic carbocycles. The third kappa shape index (κ3) is 4.59. The molecule has 1 fully saturated rings. The fraction of sp³-hybridized carbons (Fsp3) is 0.409. The largest absolute Gasteiger partial charge is 0.357 e. The van der Waals surface area contributed by atoms with E-state index in [-0.39, 0.29) is 0 Å². The number of benzene rings is 1. The van der Waals surface area contributed by atoms with Crippen molar-refractivity contribution in [2.45, 2.75) is 30.6 Å². The Kier molecular flexibility index (Phi) is 5.87. The van der Waals surface area contributed by atoms with Crippen LogP contribution in [0, 0.1) is 5.92 Å². The van der Waals surface area contributed by atoms with Crippen LogP contribution in [-0.2, 0) is 0 Å². The minimum atomic E-state index is 0.728. The number of anilines is 1. The Morgan fingerprint density at radius 1 is 1.07 bits per heavy atom. The number of aliphatic imine (C=N–C) groups is 2. The number of thioether (sulfide) groups is 1. The molecule has 140 valence electrons. The van der Waals surface area contributed by atoms with Crippen LogP contribution in [0.3, 0.4) is 0 Å². The molecule has 0 saturated carbocycles. The predicted octanol–water partition coefficient (Wildman–Crippen LogP) is 4.70. The van der Waals surface area contributed by atoms with E-state index in [9.17, 15) is 0 Å². The zero-order chi connectivity index (χ0) is 18.5. The highest BCUT2D eigenvalue weighted by Gasteiger charge is 2.21. The molecule has 2 aliphatic heterocycles. The van der Waals surface area contributed by atoms with Gasteiger partial charge in [0.1, 0.15) is 11.7 Å². The summed E-state index contributed by atoms with van der Waals surface area (Å²) in [5.41, 5.74) is 2.32. The minimum absolute atomic E-state index is 0.728. The van der Waals surface area contributed by atoms with Crippen LogP contribution in [0.5, 0.6) is 0 Å². The monoisotopic (exact) mass is 378 g/mol. The van der Waals surface area contributed by atoms with Crippen molar-refractivity contribution in [2.75, 3.05) is 30.8 Å². The highest BCUT2D eigenvalue weighted by molar-refractivity contribution is 7.98. The van der Waals surface area contributed by atoms with Crippen LogP contribution in [0.4, 0.5) is 5.82 Å². The average molecular weight is 379 g/mol. The zero-order valence-electron chi connectivity index (χ0n) is 15.8. The maximum absolute atomic E-state index is 4.80. The van der Waals surface area contributed by atoms with E-state index in [1.807, 2.05) is 12.3 Å². The summed E-state index contributed by atoms with van der Waals surface area (Å²) in [5.74, 6) is 2.91. The van der Waals surface area contributed by atoms with E-state index in [4.69, 9.17) is 4.99 Å². The number of pyridine rings is 1. The van der Waals surface area contributed by atoms with E-state index < -0.39 is 0 Å². The summed E-state index contributed by atoms with van der Waals surface area (Å²) in [6.07, 6.45) is 8.64. The molecule has 27 heavy (non-hydrogen) atoms. The van der Waals surface area contributed by atoms with Crippen molar-refractivity contribution in [3.05, 3.63) is 54.2 Å². The first-order valence-corrected chi connectivity index (χ1v) is 11.0. The van der Waals surface area contributed by atoms with Crippen LogP contribution in [0.15, 0.2) is 63.5 Å². The Bertz CT molecular complexity index is 806. The second kappa shape index (κ2) is 8.70. The first kappa shape index (κ1) is 18.2. The van der Waals surface area contributed by atoms with Gasteiger partial charge in [-0.2, -0.15) is 0 Å². The molecule has 0 spiro atoms. The summed E-state index contributed by atoms with van der Waals surface area (Å²) < 4.78 is 0. The molecule has 0 unspecified atom stereocenters. The van der Waals surface area contributed by atoms with Crippen molar-refractivity contribution in [1.29, 1.82) is 0 Å². The van der Waals surface area contributed by atoms with Gasteiger partial charge in [0.25, 0.3) is 0 Å². The third-order valence-corrected chi connectivity index (χ3v) is 6.21. The number of amidine groups is 1. The van der Waals surface area contributed by atoms with Crippen molar-refractivity contribution in [3.8, 4) is 0 Å². The molecule has 1 aromatic carbocycles. The Balaban J connectivity index is 1.25. The van der Waals surface area contributed by atoms with E-state index in [1.165, 1.54) is 29.7 Å². The van der Waals surface area contributed by atoms with Crippen LogP contribution in [0.2, 0.25) is 0 Å². The fourth-order valence-electron chi connectivity index (χ4n) is 3.79. The standard InChI is InChI=1S/C22H26N4S/c1-27-19-8-6-18(7-9-19)20-16-24-21(25-20)10-5-17-11-14-26(15-12-17)22-4-2-3-13-23-22/h2-4,6-9,13,17H,5,10-12,14-16H2,1H3. The van der Waals surface area contributed by atoms with Crippen LogP contribution >= 0.6 is 11.8 Å². The number of nitrogens with zero attached hydrogens (tertiary/aromatic N) is 4. The van der Waals surface area contributed by atoms with Crippen molar-refractivity contribution in [3.63, 3.8) is 0 Å². The molecule has 1 saturated heterocycles. The summed E-state index contributed by atoms with van der Waals surface area (Å²) in [6, 6.07) is 14.8. The van der Waals surface area contributed by atoms with Gasteiger partial charge in [-0.3, -0.25) is 4.99 Å². The highest BCUT2D eigenvalue weighted by Crippen LogP contribution is 2.25. The molecule has 0 N–H and O–H groups in total. The Morgan fingerprint density at radius 3 is 2.59 bits per heavy atom. The van der Waals surface area contributed by atoms with Gasteiger partial charge in [0, 0.05) is 30.6 Å². The van der Waals surface area contributed by atoms with E-state index in [2.05, 4.69) is 57.5 Å². The molecule has 0 atom stereocenters. The SMILES string of the molecule is CSc1ccc(C2=NC(CCC3CCN(c4ccccn4)CC3)=NC2)cc1. The maximum Gasteiger partial charge on any atom is 0.128 e. The smallest absolute Gasteiger partial charge is 0.128 e. The molecular weight excluding hydrogens is 352 g/mol. The first-order chi connectivity index (χ1) is 13.3. The quantitative estimate of drug-likeness (QED) is 0.684. The van der Waals surface area contributed by atoms with Gasteiger partial charge >= 0.3 is 0 Å². The number of hydrogen-bond acceptors (Lipinski definition) is 5. The van der Waals surface area contributed by atoms with Crippen LogP contribution in [0.1, 0.15) is 31.2 Å². The predicted molar refractivity (Wildman–Crippen MR) is 115 cm³/mol. The minimum Gasteiger partial charge on any atom is -0.357 e. The lowest BCUT2D eigenvalue weighted by Crippen LogP contribution is -2.34. The van der Waals surface area contributed by atoms with E-state index in [1.54, 1.807) is 11.8 Å². The Morgan fingerprint density at radius 2 is 1.89 bits per heavy atom. The molecule has 5 heteroatoms. The topological polar surface area (TPSA) is 40.9 Å². The lowest BCUT2D eigenvalue weighted by atomic mass is 9.92. The average Bonchev–Trinajstić information content (AvgIpc) is 3.22. The lowest BCUT2D eigenvalue weighted by Gasteiger charge is -2.32. The second-order valence-electron chi connectivity index (χ2n) is 7.18. The lowest BCUT2D eigenvalue weighted by molar-refractivity contribution is 0.386. The molecule has 4 nitrogen and oxygen atoms in total. The number of hydrogen-bond donors (Lipinski definition) is 0. The van der Waals surface area contributed by atoms with Gasteiger partial charge in [-0.15, -0.1) is 11.8 Å². The van der Waals surface area contributed by atoms with Gasteiger partial charge in [0.05, 0.1) is 12.3 Å². The molecule has 1 aromatic heterocycles. The Hall–Kier alpha value is -2.14.